The number of anilines is 2. The van der Waals surface area contributed by atoms with Gasteiger partial charge in [-0.15, -0.1) is 0 Å². The molecule has 0 saturated carbocycles. The topological polar surface area (TPSA) is 58.6 Å². The number of nitrogens with zero attached hydrogens (tertiary/aromatic N) is 1. The van der Waals surface area contributed by atoms with Crippen molar-refractivity contribution in [3.8, 4) is 5.75 Å². The Kier molecular flexibility index (Phi) is 7.82. The fraction of sp³-hybridized carbons (Fsp3) is 0.115. The van der Waals surface area contributed by atoms with Crippen LogP contribution < -0.4 is 15.0 Å². The van der Waals surface area contributed by atoms with Gasteiger partial charge in [0.15, 0.2) is 10.9 Å². The van der Waals surface area contributed by atoms with Crippen LogP contribution in [0.4, 0.5) is 11.4 Å². The minimum absolute atomic E-state index is 0.172. The number of hydrogen-bond acceptors (Lipinski definition) is 5. The average Bonchev–Trinajstić information content (AvgIpc) is 3.09. The Balaban J connectivity index is 1.43. The first kappa shape index (κ1) is 25.3. The number of halogens is 2. The molecule has 0 radical (unpaired) electrons. The van der Waals surface area contributed by atoms with Crippen LogP contribution in [0.15, 0.2) is 65.6 Å². The highest BCUT2D eigenvalue weighted by Gasteiger charge is 2.33. The largest absolute Gasteiger partial charge is 0.484 e. The summed E-state index contributed by atoms with van der Waals surface area (Å²) in [6.45, 7) is 3.81. The molecule has 1 aliphatic rings. The van der Waals surface area contributed by atoms with Crippen LogP contribution in [0.2, 0.25) is 10.0 Å². The van der Waals surface area contributed by atoms with E-state index in [1.54, 1.807) is 47.4 Å². The number of carbonyl (C=O) groups is 2. The van der Waals surface area contributed by atoms with Crippen LogP contribution in [-0.2, 0) is 9.59 Å². The van der Waals surface area contributed by atoms with E-state index in [4.69, 9.17) is 40.2 Å². The van der Waals surface area contributed by atoms with E-state index in [1.807, 2.05) is 38.1 Å². The SMILES string of the molecule is Cc1ccc(N2C(=O)/C(=C/c3cccc(OCC(=O)Nc4ccc(Cl)cc4Cl)c3)SC2=S)cc1C. The number of nitrogens with one attached hydrogen (secondary N) is 1. The van der Waals surface area contributed by atoms with E-state index >= 15 is 0 Å². The molecule has 0 aliphatic carbocycles. The van der Waals surface area contributed by atoms with Gasteiger partial charge in [0.05, 0.1) is 21.3 Å². The number of benzene rings is 3. The summed E-state index contributed by atoms with van der Waals surface area (Å²) >= 11 is 18.7. The Hall–Kier alpha value is -2.84. The monoisotopic (exact) mass is 542 g/mol. The molecule has 178 valence electrons. The van der Waals surface area contributed by atoms with Crippen molar-refractivity contribution in [3.05, 3.63) is 92.3 Å². The van der Waals surface area contributed by atoms with Crippen LogP contribution >= 0.6 is 47.2 Å². The van der Waals surface area contributed by atoms with E-state index in [-0.39, 0.29) is 18.4 Å². The number of thioether (sulfide) groups is 1. The molecule has 1 saturated heterocycles. The van der Waals surface area contributed by atoms with Crippen molar-refractivity contribution in [1.29, 1.82) is 0 Å². The van der Waals surface area contributed by atoms with Gasteiger partial charge in [0, 0.05) is 5.02 Å². The van der Waals surface area contributed by atoms with Crippen LogP contribution in [0.5, 0.6) is 5.75 Å². The van der Waals surface area contributed by atoms with Gasteiger partial charge in [-0.2, -0.15) is 0 Å². The van der Waals surface area contributed by atoms with Crippen molar-refractivity contribution < 1.29 is 14.3 Å². The fourth-order valence-corrected chi connectivity index (χ4v) is 5.08. The summed E-state index contributed by atoms with van der Waals surface area (Å²) in [5.41, 5.74) is 4.19. The first-order valence-electron chi connectivity index (χ1n) is 10.5. The lowest BCUT2D eigenvalue weighted by atomic mass is 10.1. The van der Waals surface area contributed by atoms with Gasteiger partial charge in [0.2, 0.25) is 0 Å². The molecule has 5 nitrogen and oxygen atoms in total. The van der Waals surface area contributed by atoms with Crippen LogP contribution in [-0.4, -0.2) is 22.7 Å². The molecule has 0 spiro atoms. The second-order valence-corrected chi connectivity index (χ2v) is 10.3. The third kappa shape index (κ3) is 6.05. The van der Waals surface area contributed by atoms with Gasteiger partial charge in [0.25, 0.3) is 11.8 Å². The van der Waals surface area contributed by atoms with E-state index in [1.165, 1.54) is 11.8 Å². The highest BCUT2D eigenvalue weighted by Crippen LogP contribution is 2.36. The third-order valence-corrected chi connectivity index (χ3v) is 7.12. The van der Waals surface area contributed by atoms with Gasteiger partial charge in [-0.3, -0.25) is 14.5 Å². The second kappa shape index (κ2) is 10.8. The molecule has 1 aliphatic heterocycles. The van der Waals surface area contributed by atoms with E-state index in [2.05, 4.69) is 5.32 Å². The zero-order valence-electron chi connectivity index (χ0n) is 18.8. The van der Waals surface area contributed by atoms with Crippen LogP contribution in [0.3, 0.4) is 0 Å². The van der Waals surface area contributed by atoms with Crippen molar-refractivity contribution in [2.75, 3.05) is 16.8 Å². The quantitative estimate of drug-likeness (QED) is 0.267. The van der Waals surface area contributed by atoms with Gasteiger partial charge in [0.1, 0.15) is 5.75 Å². The number of rotatable bonds is 6. The predicted octanol–water partition coefficient (Wildman–Crippen LogP) is 7.03. The molecule has 3 aromatic carbocycles. The maximum Gasteiger partial charge on any atom is 0.270 e. The number of thiocarbonyl (C=S) groups is 1. The van der Waals surface area contributed by atoms with Crippen LogP contribution in [0, 0.1) is 13.8 Å². The van der Waals surface area contributed by atoms with E-state index in [9.17, 15) is 9.59 Å². The Morgan fingerprint density at radius 2 is 1.89 bits per heavy atom. The second-order valence-electron chi connectivity index (χ2n) is 7.82. The minimum Gasteiger partial charge on any atom is -0.484 e. The lowest BCUT2D eigenvalue weighted by Crippen LogP contribution is -2.27. The Labute approximate surface area is 223 Å². The third-order valence-electron chi connectivity index (χ3n) is 5.27. The number of amides is 2. The molecule has 4 rings (SSSR count). The smallest absolute Gasteiger partial charge is 0.270 e. The summed E-state index contributed by atoms with van der Waals surface area (Å²) in [5, 5.41) is 3.50. The summed E-state index contributed by atoms with van der Waals surface area (Å²) in [4.78, 5) is 27.4. The molecule has 1 fully saturated rings. The zero-order valence-corrected chi connectivity index (χ0v) is 21.9. The standard InChI is InChI=1S/C26H20Cl2N2O3S2/c1-15-6-8-19(10-16(15)2)30-25(32)23(35-26(30)34)12-17-4-3-5-20(11-17)33-14-24(31)29-22-9-7-18(27)13-21(22)28/h3-13H,14H2,1-2H3,(H,29,31)/b23-12-. The van der Waals surface area contributed by atoms with Gasteiger partial charge < -0.3 is 10.1 Å². The van der Waals surface area contributed by atoms with Crippen LogP contribution in [0.25, 0.3) is 6.08 Å². The van der Waals surface area contributed by atoms with Crippen molar-refractivity contribution in [3.63, 3.8) is 0 Å². The molecule has 0 bridgehead atoms. The molecular formula is C26H20Cl2N2O3S2. The van der Waals surface area contributed by atoms with Crippen LogP contribution in [0.1, 0.15) is 16.7 Å². The van der Waals surface area contributed by atoms with E-state index in [0.29, 0.717) is 30.7 Å². The van der Waals surface area contributed by atoms with Gasteiger partial charge in [-0.25, -0.2) is 0 Å². The first-order valence-corrected chi connectivity index (χ1v) is 12.5. The molecule has 3 aromatic rings. The molecule has 35 heavy (non-hydrogen) atoms. The van der Waals surface area contributed by atoms with E-state index < -0.39 is 0 Å². The number of carbonyl (C=O) groups excluding carboxylic acids is 2. The Morgan fingerprint density at radius 3 is 2.63 bits per heavy atom. The average molecular weight is 543 g/mol. The fourth-order valence-electron chi connectivity index (χ4n) is 3.33. The van der Waals surface area contributed by atoms with Gasteiger partial charge in [-0.05, 0) is 79.1 Å². The van der Waals surface area contributed by atoms with Gasteiger partial charge in [-0.1, -0.05) is 65.4 Å². The number of hydrogen-bond donors (Lipinski definition) is 1. The first-order chi connectivity index (χ1) is 16.7. The molecule has 0 unspecified atom stereocenters. The molecule has 1 N–H and O–H groups in total. The summed E-state index contributed by atoms with van der Waals surface area (Å²) in [6.07, 6.45) is 1.76. The van der Waals surface area contributed by atoms with Crippen molar-refractivity contribution >= 4 is 80.8 Å². The maximum absolute atomic E-state index is 13.1. The lowest BCUT2D eigenvalue weighted by molar-refractivity contribution is -0.118. The molecular weight excluding hydrogens is 523 g/mol. The van der Waals surface area contributed by atoms with Gasteiger partial charge >= 0.3 is 0 Å². The minimum atomic E-state index is -0.367. The summed E-state index contributed by atoms with van der Waals surface area (Å²) in [6, 6.07) is 17.8. The molecule has 2 amide bonds. The molecule has 1 heterocycles. The van der Waals surface area contributed by atoms with Crippen molar-refractivity contribution in [2.45, 2.75) is 13.8 Å². The predicted molar refractivity (Wildman–Crippen MR) is 149 cm³/mol. The molecule has 9 heteroatoms. The van der Waals surface area contributed by atoms with Crippen molar-refractivity contribution in [1.82, 2.24) is 0 Å². The summed E-state index contributed by atoms with van der Waals surface area (Å²) < 4.78 is 6.11. The summed E-state index contributed by atoms with van der Waals surface area (Å²) in [7, 11) is 0. The number of ether oxygens (including phenoxy) is 1. The highest BCUT2D eigenvalue weighted by molar-refractivity contribution is 8.27. The normalized spacial score (nSPS) is 14.5. The Bertz CT molecular complexity index is 1370. The summed E-state index contributed by atoms with van der Waals surface area (Å²) in [5.74, 6) is -0.0524. The zero-order chi connectivity index (χ0) is 25.1. The molecule has 0 atom stereocenters. The van der Waals surface area contributed by atoms with E-state index in [0.717, 1.165) is 22.4 Å². The Morgan fingerprint density at radius 1 is 1.09 bits per heavy atom. The molecule has 0 aromatic heterocycles. The highest BCUT2D eigenvalue weighted by atomic mass is 35.5. The lowest BCUT2D eigenvalue weighted by Gasteiger charge is -2.15. The van der Waals surface area contributed by atoms with Crippen molar-refractivity contribution in [2.24, 2.45) is 0 Å². The maximum atomic E-state index is 13.1. The number of aryl methyl sites for hydroxylation is 2.